The summed E-state index contributed by atoms with van der Waals surface area (Å²) in [6.45, 7) is 2.83. The molecule has 1 saturated carbocycles. The molecule has 1 N–H and O–H groups in total. The van der Waals surface area contributed by atoms with Gasteiger partial charge < -0.3 is 5.32 Å². The Hall–Kier alpha value is -1.43. The minimum absolute atomic E-state index is 0.128. The van der Waals surface area contributed by atoms with Crippen molar-refractivity contribution in [2.75, 3.05) is 11.9 Å². The van der Waals surface area contributed by atoms with E-state index >= 15 is 0 Å². The van der Waals surface area contributed by atoms with Crippen molar-refractivity contribution >= 4 is 23.1 Å². The number of hydrogen-bond acceptors (Lipinski definition) is 5. The molecule has 1 heterocycles. The Labute approximate surface area is 110 Å². The molecule has 1 fully saturated rings. The fraction of sp³-hybridized carbons (Fsp3) is 0.636. The Bertz CT molecular complexity index is 457. The van der Waals surface area contributed by atoms with Crippen LogP contribution in [0.2, 0.25) is 5.15 Å². The lowest BCUT2D eigenvalue weighted by Crippen LogP contribution is -2.36. The highest BCUT2D eigenvalue weighted by Gasteiger charge is 2.35. The van der Waals surface area contributed by atoms with Gasteiger partial charge in [0.1, 0.15) is 6.33 Å². The molecule has 1 aliphatic rings. The first-order valence-electron chi connectivity index (χ1n) is 5.97. The molecule has 7 heteroatoms. The fourth-order valence-corrected chi connectivity index (χ4v) is 2.45. The summed E-state index contributed by atoms with van der Waals surface area (Å²) in [5.74, 6) is 0.208. The minimum atomic E-state index is -0.552. The molecule has 0 unspecified atom stereocenters. The highest BCUT2D eigenvalue weighted by molar-refractivity contribution is 6.31. The molecule has 0 spiro atoms. The van der Waals surface area contributed by atoms with Crippen molar-refractivity contribution in [1.82, 2.24) is 9.97 Å². The number of nitro groups is 1. The second kappa shape index (κ2) is 5.06. The zero-order valence-electron chi connectivity index (χ0n) is 10.1. The van der Waals surface area contributed by atoms with E-state index in [1.165, 1.54) is 12.7 Å². The number of anilines is 1. The van der Waals surface area contributed by atoms with Crippen molar-refractivity contribution in [1.29, 1.82) is 0 Å². The summed E-state index contributed by atoms with van der Waals surface area (Å²) in [6.07, 6.45) is 5.83. The average Bonchev–Trinajstić information content (AvgIpc) is 2.27. The summed E-state index contributed by atoms with van der Waals surface area (Å²) >= 11 is 5.72. The van der Waals surface area contributed by atoms with Gasteiger partial charge in [0, 0.05) is 6.54 Å². The first-order valence-corrected chi connectivity index (χ1v) is 6.34. The van der Waals surface area contributed by atoms with Crippen molar-refractivity contribution in [3.8, 4) is 0 Å². The van der Waals surface area contributed by atoms with Gasteiger partial charge in [0.25, 0.3) is 0 Å². The molecule has 1 aromatic heterocycles. The number of aromatic nitrogens is 2. The van der Waals surface area contributed by atoms with E-state index in [0.717, 1.165) is 19.3 Å². The van der Waals surface area contributed by atoms with E-state index in [2.05, 4.69) is 22.2 Å². The summed E-state index contributed by atoms with van der Waals surface area (Å²) in [6, 6.07) is 0. The Morgan fingerprint density at radius 2 is 2.28 bits per heavy atom. The summed E-state index contributed by atoms with van der Waals surface area (Å²) in [5.41, 5.74) is 0.00964. The molecule has 18 heavy (non-hydrogen) atoms. The molecule has 0 amide bonds. The van der Waals surface area contributed by atoms with Crippen LogP contribution in [0.4, 0.5) is 11.5 Å². The van der Waals surface area contributed by atoms with Crippen LogP contribution >= 0.6 is 11.6 Å². The van der Waals surface area contributed by atoms with Gasteiger partial charge in [0.05, 0.1) is 4.92 Å². The van der Waals surface area contributed by atoms with Gasteiger partial charge in [0.2, 0.25) is 11.0 Å². The molecule has 0 aliphatic heterocycles. The molecule has 0 radical (unpaired) electrons. The predicted molar refractivity (Wildman–Crippen MR) is 68.8 cm³/mol. The number of nitrogens with zero attached hydrogens (tertiary/aromatic N) is 3. The second-order valence-electron chi connectivity index (χ2n) is 4.68. The maximum atomic E-state index is 10.9. The quantitative estimate of drug-likeness (QED) is 0.505. The Morgan fingerprint density at radius 1 is 1.56 bits per heavy atom. The summed E-state index contributed by atoms with van der Waals surface area (Å²) in [5, 5.41) is 13.8. The normalized spacial score (nSPS) is 17.0. The average molecular weight is 271 g/mol. The first-order chi connectivity index (χ1) is 8.58. The van der Waals surface area contributed by atoms with Crippen LogP contribution in [0.1, 0.15) is 32.6 Å². The monoisotopic (exact) mass is 270 g/mol. The molecule has 0 aromatic carbocycles. The summed E-state index contributed by atoms with van der Waals surface area (Å²) in [4.78, 5) is 17.9. The third-order valence-corrected chi connectivity index (χ3v) is 4.03. The van der Waals surface area contributed by atoms with E-state index in [0.29, 0.717) is 6.54 Å². The lowest BCUT2D eigenvalue weighted by molar-refractivity contribution is -0.384. The van der Waals surface area contributed by atoms with Gasteiger partial charge in [-0.3, -0.25) is 10.1 Å². The van der Waals surface area contributed by atoms with Gasteiger partial charge in [-0.05, 0) is 24.7 Å². The minimum Gasteiger partial charge on any atom is -0.364 e. The van der Waals surface area contributed by atoms with Crippen molar-refractivity contribution in [3.05, 3.63) is 21.6 Å². The molecule has 1 aliphatic carbocycles. The number of hydrogen-bond donors (Lipinski definition) is 1. The predicted octanol–water partition coefficient (Wildman–Crippen LogP) is 3.03. The van der Waals surface area contributed by atoms with Gasteiger partial charge in [-0.15, -0.1) is 0 Å². The third-order valence-electron chi connectivity index (χ3n) is 3.76. The molecule has 0 saturated heterocycles. The standard InChI is InChI=1S/C11H15ClN4O2/c1-2-11(4-3-5-11)6-13-10-8(16(17)18)9(12)14-7-15-10/h7H,2-6H2,1H3,(H,13,14,15). The van der Waals surface area contributed by atoms with E-state index in [9.17, 15) is 10.1 Å². The topological polar surface area (TPSA) is 81.0 Å². The van der Waals surface area contributed by atoms with E-state index in [1.807, 2.05) is 0 Å². The maximum absolute atomic E-state index is 10.9. The van der Waals surface area contributed by atoms with E-state index in [-0.39, 0.29) is 22.1 Å². The van der Waals surface area contributed by atoms with Crippen LogP contribution in [0.25, 0.3) is 0 Å². The molecule has 1 aromatic rings. The molecule has 6 nitrogen and oxygen atoms in total. The third kappa shape index (κ3) is 2.38. The number of nitrogens with one attached hydrogen (secondary N) is 1. The van der Waals surface area contributed by atoms with Crippen LogP contribution in [-0.2, 0) is 0 Å². The second-order valence-corrected chi connectivity index (χ2v) is 5.04. The van der Waals surface area contributed by atoms with Crippen LogP contribution in [0, 0.1) is 15.5 Å². The van der Waals surface area contributed by atoms with Crippen molar-refractivity contribution < 1.29 is 4.92 Å². The zero-order chi connectivity index (χ0) is 13.2. The van der Waals surface area contributed by atoms with Crippen molar-refractivity contribution in [2.24, 2.45) is 5.41 Å². The molecular weight excluding hydrogens is 256 g/mol. The molecule has 98 valence electrons. The van der Waals surface area contributed by atoms with Crippen LogP contribution < -0.4 is 5.32 Å². The van der Waals surface area contributed by atoms with Gasteiger partial charge in [-0.1, -0.05) is 24.9 Å². The fourth-order valence-electron chi connectivity index (χ4n) is 2.25. The zero-order valence-corrected chi connectivity index (χ0v) is 10.9. The Kier molecular flexibility index (Phi) is 3.65. The van der Waals surface area contributed by atoms with Crippen LogP contribution in [0.3, 0.4) is 0 Å². The van der Waals surface area contributed by atoms with E-state index < -0.39 is 4.92 Å². The van der Waals surface area contributed by atoms with Crippen molar-refractivity contribution in [3.63, 3.8) is 0 Å². The Balaban J connectivity index is 2.14. The Morgan fingerprint density at radius 3 is 2.78 bits per heavy atom. The van der Waals surface area contributed by atoms with E-state index in [1.54, 1.807) is 0 Å². The maximum Gasteiger partial charge on any atom is 0.348 e. The highest BCUT2D eigenvalue weighted by Crippen LogP contribution is 2.44. The van der Waals surface area contributed by atoms with Gasteiger partial charge >= 0.3 is 5.69 Å². The van der Waals surface area contributed by atoms with E-state index in [4.69, 9.17) is 11.6 Å². The SMILES string of the molecule is CCC1(CNc2ncnc(Cl)c2[N+](=O)[O-])CCC1. The molecule has 2 rings (SSSR count). The largest absolute Gasteiger partial charge is 0.364 e. The molecule has 0 bridgehead atoms. The smallest absolute Gasteiger partial charge is 0.348 e. The lowest BCUT2D eigenvalue weighted by Gasteiger charge is -2.41. The van der Waals surface area contributed by atoms with Crippen LogP contribution in [0.5, 0.6) is 0 Å². The van der Waals surface area contributed by atoms with Gasteiger partial charge in [-0.25, -0.2) is 9.97 Å². The van der Waals surface area contributed by atoms with Crippen LogP contribution in [0.15, 0.2) is 6.33 Å². The van der Waals surface area contributed by atoms with Crippen LogP contribution in [-0.4, -0.2) is 21.4 Å². The lowest BCUT2D eigenvalue weighted by atomic mass is 9.67. The van der Waals surface area contributed by atoms with Gasteiger partial charge in [-0.2, -0.15) is 0 Å². The van der Waals surface area contributed by atoms with Crippen molar-refractivity contribution in [2.45, 2.75) is 32.6 Å². The highest BCUT2D eigenvalue weighted by atomic mass is 35.5. The number of rotatable bonds is 5. The summed E-state index contributed by atoms with van der Waals surface area (Å²) in [7, 11) is 0. The van der Waals surface area contributed by atoms with Gasteiger partial charge in [0.15, 0.2) is 0 Å². The summed E-state index contributed by atoms with van der Waals surface area (Å²) < 4.78 is 0. The first kappa shape index (κ1) is 13.0. The number of halogens is 1. The molecule has 0 atom stereocenters. The molecular formula is C11H15ClN4O2.